The Morgan fingerprint density at radius 1 is 1.12 bits per heavy atom. The summed E-state index contributed by atoms with van der Waals surface area (Å²) in [6, 6.07) is 6.11. The zero-order chi connectivity index (χ0) is 19.2. The molecule has 1 aromatic rings. The van der Waals surface area contributed by atoms with E-state index in [1.807, 2.05) is 39.8 Å². The normalized spacial score (nSPS) is 12.8. The standard InChI is InChI=1S/C19H31N3O3/c1-19(2,3)18(25)22(6)16(17(24)20-11-12-21(4)5)13-14-7-9-15(23)10-8-14/h7-10,16,23H,11-13H2,1-6H3,(H,20,24). The van der Waals surface area contributed by atoms with Crippen LogP contribution in [0, 0.1) is 5.41 Å². The Morgan fingerprint density at radius 3 is 2.16 bits per heavy atom. The number of nitrogens with zero attached hydrogens (tertiary/aromatic N) is 2. The van der Waals surface area contributed by atoms with Crippen molar-refractivity contribution in [2.75, 3.05) is 34.2 Å². The summed E-state index contributed by atoms with van der Waals surface area (Å²) in [6.45, 7) is 6.78. The molecule has 1 atom stereocenters. The third-order valence-corrected chi connectivity index (χ3v) is 3.96. The summed E-state index contributed by atoms with van der Waals surface area (Å²) in [4.78, 5) is 28.8. The molecule has 6 nitrogen and oxygen atoms in total. The minimum Gasteiger partial charge on any atom is -0.508 e. The van der Waals surface area contributed by atoms with Crippen LogP contribution in [0.5, 0.6) is 5.75 Å². The maximum absolute atomic E-state index is 12.7. The number of hydrogen-bond donors (Lipinski definition) is 2. The Balaban J connectivity index is 2.94. The Hall–Kier alpha value is -2.08. The van der Waals surface area contributed by atoms with Gasteiger partial charge in [0.1, 0.15) is 11.8 Å². The minimum atomic E-state index is -0.599. The molecular formula is C19H31N3O3. The minimum absolute atomic E-state index is 0.0842. The summed E-state index contributed by atoms with van der Waals surface area (Å²) >= 11 is 0. The third kappa shape index (κ3) is 6.74. The quantitative estimate of drug-likeness (QED) is 0.782. The Kier molecular flexibility index (Phi) is 7.42. The van der Waals surface area contributed by atoms with Crippen molar-refractivity contribution >= 4 is 11.8 Å². The fourth-order valence-electron chi connectivity index (χ4n) is 2.45. The predicted molar refractivity (Wildman–Crippen MR) is 99.4 cm³/mol. The van der Waals surface area contributed by atoms with Gasteiger partial charge in [0.25, 0.3) is 0 Å². The van der Waals surface area contributed by atoms with Gasteiger partial charge in [0, 0.05) is 32.0 Å². The average Bonchev–Trinajstić information content (AvgIpc) is 2.51. The molecule has 0 aliphatic carbocycles. The van der Waals surface area contributed by atoms with E-state index in [0.717, 1.165) is 12.1 Å². The zero-order valence-corrected chi connectivity index (χ0v) is 16.2. The van der Waals surface area contributed by atoms with E-state index in [1.54, 1.807) is 31.3 Å². The summed E-state index contributed by atoms with van der Waals surface area (Å²) in [5.41, 5.74) is 0.324. The lowest BCUT2D eigenvalue weighted by Crippen LogP contribution is -2.52. The first-order valence-electron chi connectivity index (χ1n) is 8.50. The summed E-state index contributed by atoms with van der Waals surface area (Å²) < 4.78 is 0. The number of rotatable bonds is 7. The van der Waals surface area contributed by atoms with Gasteiger partial charge in [-0.05, 0) is 31.8 Å². The lowest BCUT2D eigenvalue weighted by atomic mass is 9.93. The third-order valence-electron chi connectivity index (χ3n) is 3.96. The van der Waals surface area contributed by atoms with Gasteiger partial charge in [-0.15, -0.1) is 0 Å². The monoisotopic (exact) mass is 349 g/mol. The number of likely N-dealkylation sites (N-methyl/N-ethyl adjacent to an activating group) is 2. The highest BCUT2D eigenvalue weighted by Crippen LogP contribution is 2.20. The highest BCUT2D eigenvalue weighted by atomic mass is 16.3. The van der Waals surface area contributed by atoms with Crippen LogP contribution >= 0.6 is 0 Å². The molecule has 2 N–H and O–H groups in total. The molecule has 0 saturated carbocycles. The molecule has 1 rings (SSSR count). The molecule has 0 aliphatic rings. The van der Waals surface area contributed by atoms with Gasteiger partial charge in [0.05, 0.1) is 0 Å². The van der Waals surface area contributed by atoms with E-state index in [0.29, 0.717) is 13.0 Å². The van der Waals surface area contributed by atoms with Gasteiger partial charge in [0.15, 0.2) is 0 Å². The second kappa shape index (κ2) is 8.85. The van der Waals surface area contributed by atoms with Crippen LogP contribution in [0.25, 0.3) is 0 Å². The smallest absolute Gasteiger partial charge is 0.243 e. The van der Waals surface area contributed by atoms with Crippen LogP contribution in [0.1, 0.15) is 26.3 Å². The average molecular weight is 349 g/mol. The number of nitrogens with one attached hydrogen (secondary N) is 1. The lowest BCUT2D eigenvalue weighted by Gasteiger charge is -2.32. The maximum Gasteiger partial charge on any atom is 0.243 e. The Morgan fingerprint density at radius 2 is 1.68 bits per heavy atom. The molecule has 0 saturated heterocycles. The van der Waals surface area contributed by atoms with Crippen LogP contribution in [0.4, 0.5) is 0 Å². The number of carbonyl (C=O) groups is 2. The summed E-state index contributed by atoms with van der Waals surface area (Å²) in [5.74, 6) is -0.0797. The van der Waals surface area contributed by atoms with Crippen molar-refractivity contribution in [1.29, 1.82) is 0 Å². The number of phenolic OH excluding ortho intramolecular Hbond substituents is 1. The molecule has 1 unspecified atom stereocenters. The second-order valence-electron chi connectivity index (χ2n) is 7.65. The number of benzene rings is 1. The van der Waals surface area contributed by atoms with Crippen molar-refractivity contribution in [3.8, 4) is 5.75 Å². The molecule has 1 aromatic carbocycles. The van der Waals surface area contributed by atoms with Crippen LogP contribution in [0.15, 0.2) is 24.3 Å². The molecule has 0 radical (unpaired) electrons. The highest BCUT2D eigenvalue weighted by molar-refractivity contribution is 5.89. The predicted octanol–water partition coefficient (Wildman–Crippen LogP) is 1.49. The van der Waals surface area contributed by atoms with E-state index in [1.165, 1.54) is 4.90 Å². The number of hydrogen-bond acceptors (Lipinski definition) is 4. The number of aromatic hydroxyl groups is 1. The highest BCUT2D eigenvalue weighted by Gasteiger charge is 2.33. The maximum atomic E-state index is 12.7. The van der Waals surface area contributed by atoms with Crippen LogP contribution in [0.3, 0.4) is 0 Å². The number of phenols is 1. The summed E-state index contributed by atoms with van der Waals surface area (Å²) in [7, 11) is 5.55. The zero-order valence-electron chi connectivity index (χ0n) is 16.2. The molecule has 6 heteroatoms. The van der Waals surface area contributed by atoms with Crippen LogP contribution in [-0.4, -0.2) is 67.0 Å². The van der Waals surface area contributed by atoms with E-state index in [4.69, 9.17) is 0 Å². The van der Waals surface area contributed by atoms with Crippen molar-refractivity contribution in [2.24, 2.45) is 5.41 Å². The van der Waals surface area contributed by atoms with Gasteiger partial charge < -0.3 is 20.2 Å². The topological polar surface area (TPSA) is 72.9 Å². The number of amides is 2. The van der Waals surface area contributed by atoms with Crippen molar-refractivity contribution in [3.63, 3.8) is 0 Å². The Labute approximate surface area is 150 Å². The van der Waals surface area contributed by atoms with Gasteiger partial charge in [-0.3, -0.25) is 9.59 Å². The van der Waals surface area contributed by atoms with Crippen LogP contribution in [-0.2, 0) is 16.0 Å². The molecule has 0 heterocycles. The fourth-order valence-corrected chi connectivity index (χ4v) is 2.45. The van der Waals surface area contributed by atoms with E-state index in [-0.39, 0.29) is 17.6 Å². The summed E-state index contributed by atoms with van der Waals surface area (Å²) in [6.07, 6.45) is 0.395. The molecule has 0 bridgehead atoms. The molecule has 0 spiro atoms. The molecule has 2 amide bonds. The first-order valence-corrected chi connectivity index (χ1v) is 8.50. The van der Waals surface area contributed by atoms with E-state index in [2.05, 4.69) is 5.32 Å². The molecule has 0 fully saturated rings. The molecule has 140 valence electrons. The van der Waals surface area contributed by atoms with Crippen molar-refractivity contribution in [3.05, 3.63) is 29.8 Å². The Bertz CT molecular complexity index is 577. The van der Waals surface area contributed by atoms with Gasteiger partial charge in [-0.25, -0.2) is 0 Å². The van der Waals surface area contributed by atoms with Gasteiger partial charge in [-0.2, -0.15) is 0 Å². The SMILES string of the molecule is CN(C)CCNC(=O)C(Cc1ccc(O)cc1)N(C)C(=O)C(C)(C)C. The van der Waals surface area contributed by atoms with Crippen LogP contribution in [0.2, 0.25) is 0 Å². The summed E-state index contributed by atoms with van der Waals surface area (Å²) in [5, 5.41) is 12.3. The molecule has 0 aliphatic heterocycles. The van der Waals surface area contributed by atoms with Gasteiger partial charge >= 0.3 is 0 Å². The number of carbonyl (C=O) groups excluding carboxylic acids is 2. The van der Waals surface area contributed by atoms with Crippen molar-refractivity contribution in [1.82, 2.24) is 15.1 Å². The molecule has 25 heavy (non-hydrogen) atoms. The van der Waals surface area contributed by atoms with E-state index in [9.17, 15) is 14.7 Å². The lowest BCUT2D eigenvalue weighted by molar-refractivity contribution is -0.145. The molecular weight excluding hydrogens is 318 g/mol. The second-order valence-corrected chi connectivity index (χ2v) is 7.65. The van der Waals surface area contributed by atoms with E-state index >= 15 is 0 Å². The van der Waals surface area contributed by atoms with Gasteiger partial charge in [0.2, 0.25) is 11.8 Å². The largest absolute Gasteiger partial charge is 0.508 e. The fraction of sp³-hybridized carbons (Fsp3) is 0.579. The first-order chi connectivity index (χ1) is 11.5. The van der Waals surface area contributed by atoms with E-state index < -0.39 is 11.5 Å². The van der Waals surface area contributed by atoms with Crippen molar-refractivity contribution in [2.45, 2.75) is 33.2 Å². The van der Waals surface area contributed by atoms with Gasteiger partial charge in [-0.1, -0.05) is 32.9 Å². The first kappa shape index (κ1) is 21.0. The van der Waals surface area contributed by atoms with Crippen molar-refractivity contribution < 1.29 is 14.7 Å². The molecule has 0 aromatic heterocycles. The van der Waals surface area contributed by atoms with Crippen LogP contribution < -0.4 is 5.32 Å².